The maximum Gasteiger partial charge on any atom is 0.248 e. The van der Waals surface area contributed by atoms with Crippen molar-refractivity contribution in [2.45, 2.75) is 20.3 Å². The van der Waals surface area contributed by atoms with Crippen LogP contribution >= 0.6 is 0 Å². The highest BCUT2D eigenvalue weighted by atomic mass is 16.1. The fourth-order valence-corrected chi connectivity index (χ4v) is 2.29. The van der Waals surface area contributed by atoms with Crippen molar-refractivity contribution in [3.63, 3.8) is 0 Å². The van der Waals surface area contributed by atoms with E-state index in [1.165, 1.54) is 0 Å². The van der Waals surface area contributed by atoms with Gasteiger partial charge in [-0.05, 0) is 30.0 Å². The van der Waals surface area contributed by atoms with Gasteiger partial charge < -0.3 is 16.4 Å². The van der Waals surface area contributed by atoms with Gasteiger partial charge in [0, 0.05) is 18.7 Å². The zero-order valence-corrected chi connectivity index (χ0v) is 10.4. The molecule has 0 aliphatic carbocycles. The number of hydrogen-bond acceptors (Lipinski definition) is 3. The normalized spacial score (nSPS) is 18.4. The van der Waals surface area contributed by atoms with Gasteiger partial charge in [-0.3, -0.25) is 4.79 Å². The number of primary amides is 1. The first-order valence-corrected chi connectivity index (χ1v) is 5.83. The molecule has 1 heterocycles. The zero-order valence-electron chi connectivity index (χ0n) is 10.4. The van der Waals surface area contributed by atoms with Crippen LogP contribution in [0, 0.1) is 5.41 Å². The molecule has 4 heteroatoms. The molecule has 0 bridgehead atoms. The quantitative estimate of drug-likeness (QED) is 0.762. The molecule has 0 aromatic heterocycles. The number of benzene rings is 1. The predicted molar refractivity (Wildman–Crippen MR) is 70.0 cm³/mol. The number of carbonyl (C=O) groups excluding carboxylic acids is 1. The monoisotopic (exact) mass is 233 g/mol. The molecule has 1 amide bonds. The van der Waals surface area contributed by atoms with E-state index in [1.54, 1.807) is 18.2 Å². The Balaban J connectivity index is 2.32. The molecule has 4 nitrogen and oxygen atoms in total. The zero-order chi connectivity index (χ0) is 12.6. The van der Waals surface area contributed by atoms with Gasteiger partial charge >= 0.3 is 0 Å². The van der Waals surface area contributed by atoms with Crippen LogP contribution in [-0.2, 0) is 0 Å². The van der Waals surface area contributed by atoms with Gasteiger partial charge in [-0.1, -0.05) is 13.8 Å². The van der Waals surface area contributed by atoms with E-state index >= 15 is 0 Å². The lowest BCUT2D eigenvalue weighted by Crippen LogP contribution is -2.24. The first kappa shape index (κ1) is 11.8. The van der Waals surface area contributed by atoms with Crippen LogP contribution in [-0.4, -0.2) is 19.0 Å². The fraction of sp³-hybridized carbons (Fsp3) is 0.462. The smallest absolute Gasteiger partial charge is 0.248 e. The van der Waals surface area contributed by atoms with Gasteiger partial charge in [0.05, 0.1) is 11.4 Å². The summed E-state index contributed by atoms with van der Waals surface area (Å²) in [5.74, 6) is -0.412. The Labute approximate surface area is 102 Å². The van der Waals surface area contributed by atoms with Crippen molar-refractivity contribution in [1.29, 1.82) is 0 Å². The molecule has 1 saturated heterocycles. The van der Waals surface area contributed by atoms with Gasteiger partial charge in [-0.15, -0.1) is 0 Å². The first-order chi connectivity index (χ1) is 7.89. The number of nitrogens with zero attached hydrogens (tertiary/aromatic N) is 1. The summed E-state index contributed by atoms with van der Waals surface area (Å²) in [4.78, 5) is 13.4. The second kappa shape index (κ2) is 3.95. The highest BCUT2D eigenvalue weighted by Gasteiger charge is 2.30. The van der Waals surface area contributed by atoms with Crippen LogP contribution in [0.3, 0.4) is 0 Å². The van der Waals surface area contributed by atoms with Crippen molar-refractivity contribution < 1.29 is 4.79 Å². The minimum Gasteiger partial charge on any atom is -0.397 e. The summed E-state index contributed by atoms with van der Waals surface area (Å²) in [6.45, 7) is 6.40. The van der Waals surface area contributed by atoms with Gasteiger partial charge in [-0.25, -0.2) is 0 Å². The molecular weight excluding hydrogens is 214 g/mol. The Bertz CT molecular complexity index is 454. The lowest BCUT2D eigenvalue weighted by Gasteiger charge is -2.23. The topological polar surface area (TPSA) is 72.3 Å². The molecule has 2 rings (SSSR count). The van der Waals surface area contributed by atoms with Crippen LogP contribution in [0.5, 0.6) is 0 Å². The summed E-state index contributed by atoms with van der Waals surface area (Å²) in [5, 5.41) is 0. The third-order valence-corrected chi connectivity index (χ3v) is 3.33. The first-order valence-electron chi connectivity index (χ1n) is 5.83. The van der Waals surface area contributed by atoms with Crippen LogP contribution in [0.4, 0.5) is 11.4 Å². The lowest BCUT2D eigenvalue weighted by molar-refractivity contribution is 0.100. The SMILES string of the molecule is CC1(C)CCN(c2cc(C(N)=O)ccc2N)C1. The van der Waals surface area contributed by atoms with Crippen molar-refractivity contribution in [3.05, 3.63) is 23.8 Å². The molecule has 0 atom stereocenters. The minimum atomic E-state index is -0.412. The van der Waals surface area contributed by atoms with Crippen LogP contribution < -0.4 is 16.4 Å². The van der Waals surface area contributed by atoms with E-state index in [0.717, 1.165) is 25.2 Å². The van der Waals surface area contributed by atoms with Gasteiger partial charge in [0.15, 0.2) is 0 Å². The van der Waals surface area contributed by atoms with Crippen molar-refractivity contribution >= 4 is 17.3 Å². The van der Waals surface area contributed by atoms with Crippen LogP contribution in [0.25, 0.3) is 0 Å². The molecule has 17 heavy (non-hydrogen) atoms. The van der Waals surface area contributed by atoms with Crippen molar-refractivity contribution in [2.24, 2.45) is 11.1 Å². The number of anilines is 2. The van der Waals surface area contributed by atoms with Crippen molar-refractivity contribution in [3.8, 4) is 0 Å². The number of carbonyl (C=O) groups is 1. The minimum absolute atomic E-state index is 0.301. The van der Waals surface area contributed by atoms with Crippen LogP contribution in [0.15, 0.2) is 18.2 Å². The van der Waals surface area contributed by atoms with Gasteiger partial charge in [0.1, 0.15) is 0 Å². The van der Waals surface area contributed by atoms with Gasteiger partial charge in [0.2, 0.25) is 5.91 Å². The average molecular weight is 233 g/mol. The highest BCUT2D eigenvalue weighted by molar-refractivity contribution is 5.95. The van der Waals surface area contributed by atoms with E-state index in [2.05, 4.69) is 18.7 Å². The molecule has 1 aliphatic rings. The van der Waals surface area contributed by atoms with Crippen molar-refractivity contribution in [2.75, 3.05) is 23.7 Å². The van der Waals surface area contributed by atoms with Gasteiger partial charge in [0.25, 0.3) is 0 Å². The van der Waals surface area contributed by atoms with Gasteiger partial charge in [-0.2, -0.15) is 0 Å². The number of amides is 1. The number of nitrogens with two attached hydrogens (primary N) is 2. The molecule has 1 aliphatic heterocycles. The summed E-state index contributed by atoms with van der Waals surface area (Å²) in [7, 11) is 0. The predicted octanol–water partition coefficient (Wildman–Crippen LogP) is 1.60. The van der Waals surface area contributed by atoms with E-state index < -0.39 is 5.91 Å². The molecule has 0 saturated carbocycles. The Morgan fingerprint density at radius 3 is 2.65 bits per heavy atom. The molecule has 4 N–H and O–H groups in total. The Morgan fingerprint density at radius 2 is 2.12 bits per heavy atom. The van der Waals surface area contributed by atoms with E-state index in [4.69, 9.17) is 11.5 Å². The number of hydrogen-bond donors (Lipinski definition) is 2. The van der Waals surface area contributed by atoms with Crippen LogP contribution in [0.2, 0.25) is 0 Å². The Hall–Kier alpha value is -1.71. The molecule has 1 fully saturated rings. The molecule has 1 aromatic rings. The molecule has 92 valence electrons. The Kier molecular flexibility index (Phi) is 2.73. The maximum absolute atomic E-state index is 11.2. The second-order valence-corrected chi connectivity index (χ2v) is 5.47. The largest absolute Gasteiger partial charge is 0.397 e. The number of rotatable bonds is 2. The summed E-state index contributed by atoms with van der Waals surface area (Å²) < 4.78 is 0. The summed E-state index contributed by atoms with van der Waals surface area (Å²) >= 11 is 0. The third kappa shape index (κ3) is 2.35. The van der Waals surface area contributed by atoms with Crippen molar-refractivity contribution in [1.82, 2.24) is 0 Å². The molecular formula is C13H19N3O. The van der Waals surface area contributed by atoms with E-state index in [9.17, 15) is 4.79 Å². The number of nitrogen functional groups attached to an aromatic ring is 1. The lowest BCUT2D eigenvalue weighted by atomic mass is 9.93. The second-order valence-electron chi connectivity index (χ2n) is 5.47. The average Bonchev–Trinajstić information content (AvgIpc) is 2.59. The van der Waals surface area contributed by atoms with E-state index in [-0.39, 0.29) is 0 Å². The molecule has 0 radical (unpaired) electrons. The fourth-order valence-electron chi connectivity index (χ4n) is 2.29. The van der Waals surface area contributed by atoms with Crippen LogP contribution in [0.1, 0.15) is 30.6 Å². The molecule has 1 aromatic carbocycles. The third-order valence-electron chi connectivity index (χ3n) is 3.33. The Morgan fingerprint density at radius 1 is 1.41 bits per heavy atom. The summed E-state index contributed by atoms with van der Waals surface area (Å²) in [6.07, 6.45) is 1.13. The summed E-state index contributed by atoms with van der Waals surface area (Å²) in [6, 6.07) is 5.21. The van der Waals surface area contributed by atoms with E-state index in [0.29, 0.717) is 16.7 Å². The summed E-state index contributed by atoms with van der Waals surface area (Å²) in [5.41, 5.74) is 13.7. The highest BCUT2D eigenvalue weighted by Crippen LogP contribution is 2.35. The standard InChI is InChI=1S/C13H19N3O/c1-13(2)5-6-16(8-13)11-7-9(12(15)17)3-4-10(11)14/h3-4,7H,5-6,8,14H2,1-2H3,(H2,15,17). The molecule has 0 spiro atoms. The maximum atomic E-state index is 11.2. The van der Waals surface area contributed by atoms with E-state index in [1.807, 2.05) is 0 Å². The molecule has 0 unspecified atom stereocenters.